The van der Waals surface area contributed by atoms with Crippen LogP contribution in [0.25, 0.3) is 11.3 Å². The Kier molecular flexibility index (Phi) is 16.1. The molecule has 0 saturated carbocycles. The van der Waals surface area contributed by atoms with Crippen LogP contribution in [0.2, 0.25) is 10.0 Å². The summed E-state index contributed by atoms with van der Waals surface area (Å²) in [4.78, 5) is 2.60. The molecule has 29 heavy (non-hydrogen) atoms. The second-order valence-corrected chi connectivity index (χ2v) is 7.88. The minimum absolute atomic E-state index is 0. The first-order valence-electron chi connectivity index (χ1n) is 10.1. The third-order valence-corrected chi connectivity index (χ3v) is 5.03. The number of hydrogen-bond acceptors (Lipinski definition) is 3. The number of hydrogen-bond donors (Lipinski definition) is 1. The van der Waals surface area contributed by atoms with E-state index < -0.39 is 0 Å². The first-order valence-corrected chi connectivity index (χ1v) is 10.9. The van der Waals surface area contributed by atoms with E-state index in [1.807, 2.05) is 24.3 Å². The van der Waals surface area contributed by atoms with Crippen LogP contribution in [0.5, 0.6) is 0 Å². The molecule has 0 radical (unpaired) electrons. The molecule has 0 unspecified atom stereocenters. The molecule has 1 heterocycles. The summed E-state index contributed by atoms with van der Waals surface area (Å²) in [7, 11) is 0. The van der Waals surface area contributed by atoms with Crippen LogP contribution in [0, 0.1) is 0 Å². The molecule has 0 aliphatic carbocycles. The summed E-state index contributed by atoms with van der Waals surface area (Å²) >= 11 is 12.1. The lowest BCUT2D eigenvalue weighted by Crippen LogP contribution is -2.29. The van der Waals surface area contributed by atoms with Gasteiger partial charge in [-0.15, -0.1) is 24.8 Å². The number of rotatable bonds is 13. The Hall–Kier alpha value is -0.420. The zero-order valence-electron chi connectivity index (χ0n) is 17.4. The van der Waals surface area contributed by atoms with Crippen LogP contribution in [0.3, 0.4) is 0 Å². The highest BCUT2D eigenvalue weighted by atomic mass is 35.5. The maximum Gasteiger partial charge on any atom is 0.134 e. The minimum atomic E-state index is 0. The van der Waals surface area contributed by atoms with Crippen molar-refractivity contribution in [3.05, 3.63) is 46.1 Å². The summed E-state index contributed by atoms with van der Waals surface area (Å²) < 4.78 is 5.92. The summed E-state index contributed by atoms with van der Waals surface area (Å²) in [6.07, 6.45) is 6.27. The highest BCUT2D eigenvalue weighted by Crippen LogP contribution is 2.28. The Morgan fingerprint density at radius 1 is 0.862 bits per heavy atom. The van der Waals surface area contributed by atoms with E-state index in [0.29, 0.717) is 10.0 Å². The van der Waals surface area contributed by atoms with Crippen molar-refractivity contribution in [2.75, 3.05) is 26.2 Å². The van der Waals surface area contributed by atoms with Crippen molar-refractivity contribution >= 4 is 48.0 Å². The second kappa shape index (κ2) is 16.3. The van der Waals surface area contributed by atoms with Gasteiger partial charge in [-0.1, -0.05) is 49.9 Å². The lowest BCUT2D eigenvalue weighted by Gasteiger charge is -2.21. The van der Waals surface area contributed by atoms with Gasteiger partial charge in [0.2, 0.25) is 0 Å². The molecule has 3 nitrogen and oxygen atoms in total. The molecule has 0 fully saturated rings. The number of benzene rings is 1. The lowest BCUT2D eigenvalue weighted by atomic mass is 10.2. The smallest absolute Gasteiger partial charge is 0.134 e. The van der Waals surface area contributed by atoms with Gasteiger partial charge in [0.25, 0.3) is 0 Å². The number of nitrogens with zero attached hydrogens (tertiary/aromatic N) is 1. The highest BCUT2D eigenvalue weighted by molar-refractivity contribution is 6.35. The predicted octanol–water partition coefficient (Wildman–Crippen LogP) is 7.48. The zero-order chi connectivity index (χ0) is 19.5. The van der Waals surface area contributed by atoms with Crippen LogP contribution < -0.4 is 5.32 Å². The molecule has 166 valence electrons. The molecule has 0 spiro atoms. The van der Waals surface area contributed by atoms with Gasteiger partial charge in [-0.05, 0) is 75.8 Å². The van der Waals surface area contributed by atoms with Crippen molar-refractivity contribution in [2.45, 2.75) is 52.5 Å². The average Bonchev–Trinajstić information content (AvgIpc) is 3.11. The predicted molar refractivity (Wildman–Crippen MR) is 131 cm³/mol. The van der Waals surface area contributed by atoms with Gasteiger partial charge in [0.15, 0.2) is 0 Å². The van der Waals surface area contributed by atoms with E-state index in [4.69, 9.17) is 27.6 Å². The number of halogens is 4. The largest absolute Gasteiger partial charge is 0.460 e. The van der Waals surface area contributed by atoms with Crippen molar-refractivity contribution < 1.29 is 4.42 Å². The molecule has 1 N–H and O–H groups in total. The first kappa shape index (κ1) is 28.6. The van der Waals surface area contributed by atoms with Crippen molar-refractivity contribution in [1.29, 1.82) is 0 Å². The molecular weight excluding hydrogens is 450 g/mol. The van der Waals surface area contributed by atoms with Crippen LogP contribution >= 0.6 is 48.0 Å². The molecule has 0 aliphatic heterocycles. The number of furan rings is 1. The molecule has 1 aromatic carbocycles. The van der Waals surface area contributed by atoms with Gasteiger partial charge in [0.05, 0.1) is 6.54 Å². The van der Waals surface area contributed by atoms with Gasteiger partial charge in [-0.3, -0.25) is 0 Å². The van der Waals surface area contributed by atoms with Crippen LogP contribution in [-0.4, -0.2) is 31.1 Å². The standard InChI is InChI=1S/C22H32Cl2N2O.2ClH/c1-3-5-11-26(12-6-4-2)13-7-10-25-17-21-8-9-22(27-21)18-14-19(23)16-20(24)15-18;;/h8-9,14-16,25H,3-7,10-13,17H2,1-2H3;2*1H. The molecule has 2 rings (SSSR count). The van der Waals surface area contributed by atoms with E-state index in [1.165, 1.54) is 38.8 Å². The Bertz CT molecular complexity index is 650. The van der Waals surface area contributed by atoms with E-state index in [2.05, 4.69) is 24.1 Å². The topological polar surface area (TPSA) is 28.4 Å². The SMILES string of the molecule is CCCCN(CCCC)CCCNCc1ccc(-c2cc(Cl)cc(Cl)c2)o1.Cl.Cl. The summed E-state index contributed by atoms with van der Waals surface area (Å²) in [5.41, 5.74) is 0.904. The lowest BCUT2D eigenvalue weighted by molar-refractivity contribution is 0.260. The first-order chi connectivity index (χ1) is 13.1. The molecule has 0 atom stereocenters. The Balaban J connectivity index is 0.00000392. The van der Waals surface area contributed by atoms with Crippen LogP contribution in [0.1, 0.15) is 51.7 Å². The summed E-state index contributed by atoms with van der Waals surface area (Å²) in [5.74, 6) is 1.72. The number of nitrogens with one attached hydrogen (secondary N) is 1. The van der Waals surface area contributed by atoms with Gasteiger partial charge in [0, 0.05) is 15.6 Å². The molecular formula is C22H34Cl4N2O. The van der Waals surface area contributed by atoms with E-state index >= 15 is 0 Å². The molecule has 1 aromatic heterocycles. The quantitative estimate of drug-likeness (QED) is 0.299. The molecule has 0 aliphatic rings. The van der Waals surface area contributed by atoms with Gasteiger partial charge in [0.1, 0.15) is 11.5 Å². The highest BCUT2D eigenvalue weighted by Gasteiger charge is 2.07. The molecule has 7 heteroatoms. The maximum absolute atomic E-state index is 6.07. The average molecular weight is 484 g/mol. The fourth-order valence-electron chi connectivity index (χ4n) is 3.06. The third kappa shape index (κ3) is 11.0. The fraction of sp³-hybridized carbons (Fsp3) is 0.545. The molecule has 0 amide bonds. The van der Waals surface area contributed by atoms with Gasteiger partial charge >= 0.3 is 0 Å². The molecule has 2 aromatic rings. The molecule has 0 saturated heterocycles. The second-order valence-electron chi connectivity index (χ2n) is 7.00. The summed E-state index contributed by atoms with van der Waals surface area (Å²) in [6, 6.07) is 9.43. The normalized spacial score (nSPS) is 10.7. The number of unbranched alkanes of at least 4 members (excludes halogenated alkanes) is 2. The van der Waals surface area contributed by atoms with Gasteiger partial charge < -0.3 is 14.6 Å². The minimum Gasteiger partial charge on any atom is -0.460 e. The van der Waals surface area contributed by atoms with Crippen LogP contribution in [0.4, 0.5) is 0 Å². The summed E-state index contributed by atoms with van der Waals surface area (Å²) in [6.45, 7) is 9.85. The Morgan fingerprint density at radius 2 is 1.45 bits per heavy atom. The van der Waals surface area contributed by atoms with E-state index in [9.17, 15) is 0 Å². The van der Waals surface area contributed by atoms with Crippen molar-refractivity contribution in [3.8, 4) is 11.3 Å². The third-order valence-electron chi connectivity index (χ3n) is 4.59. The van der Waals surface area contributed by atoms with Gasteiger partial charge in [-0.2, -0.15) is 0 Å². The van der Waals surface area contributed by atoms with E-state index in [0.717, 1.165) is 43.1 Å². The van der Waals surface area contributed by atoms with E-state index in [-0.39, 0.29) is 24.8 Å². The van der Waals surface area contributed by atoms with Crippen molar-refractivity contribution in [3.63, 3.8) is 0 Å². The summed E-state index contributed by atoms with van der Waals surface area (Å²) in [5, 5.41) is 4.71. The fourth-order valence-corrected chi connectivity index (χ4v) is 3.59. The van der Waals surface area contributed by atoms with Crippen LogP contribution in [-0.2, 0) is 6.54 Å². The monoisotopic (exact) mass is 482 g/mol. The van der Waals surface area contributed by atoms with Crippen molar-refractivity contribution in [1.82, 2.24) is 10.2 Å². The Labute approximate surface area is 198 Å². The van der Waals surface area contributed by atoms with E-state index in [1.54, 1.807) is 6.07 Å². The van der Waals surface area contributed by atoms with Crippen LogP contribution in [0.15, 0.2) is 34.7 Å². The zero-order valence-corrected chi connectivity index (χ0v) is 20.5. The van der Waals surface area contributed by atoms with Gasteiger partial charge in [-0.25, -0.2) is 0 Å². The Morgan fingerprint density at radius 3 is 2.03 bits per heavy atom. The maximum atomic E-state index is 6.07. The molecule has 0 bridgehead atoms. The van der Waals surface area contributed by atoms with Crippen molar-refractivity contribution in [2.24, 2.45) is 0 Å².